The zero-order valence-corrected chi connectivity index (χ0v) is 14.1. The average molecular weight is 412 g/mol. The summed E-state index contributed by atoms with van der Waals surface area (Å²) in [5, 5.41) is 10.7. The Morgan fingerprint density at radius 3 is 2.04 bits per heavy atom. The average Bonchev–Trinajstić information content (AvgIpc) is 2.83. The molecule has 0 aliphatic carbocycles. The molecule has 0 fully saturated rings. The quantitative estimate of drug-likeness (QED) is 0.731. The van der Waals surface area contributed by atoms with E-state index in [1.165, 1.54) is 6.92 Å². The first-order chi connectivity index (χ1) is 12.3. The number of aliphatic carboxylic acids is 1. The van der Waals surface area contributed by atoms with E-state index in [1.807, 2.05) is 0 Å². The van der Waals surface area contributed by atoms with E-state index in [0.717, 1.165) is 11.3 Å². The van der Waals surface area contributed by atoms with E-state index in [2.05, 4.69) is 10.3 Å². The summed E-state index contributed by atoms with van der Waals surface area (Å²) >= 11 is 0.762. The fourth-order valence-corrected chi connectivity index (χ4v) is 2.99. The molecule has 0 spiro atoms. The molecule has 2 rings (SSSR count). The molecule has 5 nitrogen and oxygen atoms in total. The van der Waals surface area contributed by atoms with Gasteiger partial charge in [-0.15, -0.1) is 11.3 Å². The number of aryl methyl sites for hydroxylation is 1. The predicted molar refractivity (Wildman–Crippen MR) is 82.6 cm³/mol. The second-order valence-corrected chi connectivity index (χ2v) is 6.43. The van der Waals surface area contributed by atoms with Crippen LogP contribution in [0, 0.1) is 6.92 Å². The maximum absolute atomic E-state index is 12.8. The van der Waals surface area contributed by atoms with Gasteiger partial charge in [0.15, 0.2) is 5.13 Å². The Labute approximate surface area is 151 Å². The molecule has 0 radical (unpaired) electrons. The van der Waals surface area contributed by atoms with Gasteiger partial charge in [-0.05, 0) is 25.1 Å². The van der Waals surface area contributed by atoms with E-state index in [4.69, 9.17) is 5.11 Å². The van der Waals surface area contributed by atoms with Gasteiger partial charge in [-0.1, -0.05) is 0 Å². The van der Waals surface area contributed by atoms with Gasteiger partial charge in [-0.2, -0.15) is 26.3 Å². The standard InChI is InChI=1S/C15H10F6N2O3S/c1-6-10(5-11(24)25)27-13(22-6)23-12(26)7-2-8(14(16,17)18)4-9(3-7)15(19,20)21/h2-4H,5H2,1H3,(H,24,25)(H,22,23,26). The normalized spacial score (nSPS) is 12.1. The number of aromatic nitrogens is 1. The van der Waals surface area contributed by atoms with E-state index in [-0.39, 0.29) is 28.2 Å². The van der Waals surface area contributed by atoms with Crippen LogP contribution in [-0.4, -0.2) is 22.0 Å². The topological polar surface area (TPSA) is 79.3 Å². The van der Waals surface area contributed by atoms with E-state index in [1.54, 1.807) is 0 Å². The van der Waals surface area contributed by atoms with Gasteiger partial charge in [0.2, 0.25) is 0 Å². The third-order valence-corrected chi connectivity index (χ3v) is 4.35. The molecule has 27 heavy (non-hydrogen) atoms. The number of carbonyl (C=O) groups is 2. The number of carboxylic acids is 1. The third-order valence-electron chi connectivity index (χ3n) is 3.27. The fraction of sp³-hybridized carbons (Fsp3) is 0.267. The molecule has 2 N–H and O–H groups in total. The minimum atomic E-state index is -5.08. The predicted octanol–water partition coefficient (Wildman–Crippen LogP) is 4.37. The lowest BCUT2D eigenvalue weighted by molar-refractivity contribution is -0.143. The van der Waals surface area contributed by atoms with Crippen LogP contribution in [0.25, 0.3) is 0 Å². The number of hydrogen-bond acceptors (Lipinski definition) is 4. The van der Waals surface area contributed by atoms with Crippen LogP contribution in [0.15, 0.2) is 18.2 Å². The smallest absolute Gasteiger partial charge is 0.416 e. The molecule has 1 aromatic heterocycles. The molecule has 146 valence electrons. The Bertz CT molecular complexity index is 856. The molecule has 1 amide bonds. The van der Waals surface area contributed by atoms with E-state index in [9.17, 15) is 35.9 Å². The van der Waals surface area contributed by atoms with Crippen LogP contribution in [0.5, 0.6) is 0 Å². The summed E-state index contributed by atoms with van der Waals surface area (Å²) < 4.78 is 77.0. The first-order valence-electron chi connectivity index (χ1n) is 7.06. The molecule has 12 heteroatoms. The highest BCUT2D eigenvalue weighted by Gasteiger charge is 2.37. The number of hydrogen-bond donors (Lipinski definition) is 2. The number of carbonyl (C=O) groups excluding carboxylic acids is 1. The molecule has 0 atom stereocenters. The molecular formula is C15H10F6N2O3S. The summed E-state index contributed by atoms with van der Waals surface area (Å²) in [6.45, 7) is 1.45. The van der Waals surface area contributed by atoms with Crippen LogP contribution in [0.4, 0.5) is 31.5 Å². The van der Waals surface area contributed by atoms with Gasteiger partial charge in [0.25, 0.3) is 5.91 Å². The molecular weight excluding hydrogens is 402 g/mol. The van der Waals surface area contributed by atoms with Crippen molar-refractivity contribution in [3.8, 4) is 0 Å². The lowest BCUT2D eigenvalue weighted by atomic mass is 10.0. The Morgan fingerprint density at radius 1 is 1.07 bits per heavy atom. The molecule has 0 saturated carbocycles. The van der Waals surface area contributed by atoms with Crippen molar-refractivity contribution in [1.29, 1.82) is 0 Å². The van der Waals surface area contributed by atoms with Gasteiger partial charge in [-0.25, -0.2) is 4.98 Å². The summed E-state index contributed by atoms with van der Waals surface area (Å²) in [6.07, 6.45) is -10.5. The molecule has 1 aromatic carbocycles. The van der Waals surface area contributed by atoms with Crippen molar-refractivity contribution in [2.45, 2.75) is 25.7 Å². The van der Waals surface area contributed by atoms with Crippen LogP contribution >= 0.6 is 11.3 Å². The number of thiazole rings is 1. The maximum Gasteiger partial charge on any atom is 0.416 e. The van der Waals surface area contributed by atoms with Gasteiger partial charge in [0.1, 0.15) is 0 Å². The highest BCUT2D eigenvalue weighted by Crippen LogP contribution is 2.36. The van der Waals surface area contributed by atoms with Gasteiger partial charge < -0.3 is 5.11 Å². The Hall–Kier alpha value is -2.63. The highest BCUT2D eigenvalue weighted by atomic mass is 32.1. The lowest BCUT2D eigenvalue weighted by Gasteiger charge is -2.13. The molecule has 0 aliphatic heterocycles. The van der Waals surface area contributed by atoms with E-state index < -0.39 is 40.9 Å². The second kappa shape index (κ2) is 7.18. The summed E-state index contributed by atoms with van der Waals surface area (Å²) in [5.74, 6) is -2.39. The fourth-order valence-electron chi connectivity index (χ4n) is 2.04. The minimum absolute atomic E-state index is 0.0880. The molecule has 0 aliphatic rings. The number of nitrogens with zero attached hydrogens (tertiary/aromatic N) is 1. The monoisotopic (exact) mass is 412 g/mol. The molecule has 0 unspecified atom stereocenters. The number of carboxylic acid groups (broad SMARTS) is 1. The van der Waals surface area contributed by atoms with Crippen molar-refractivity contribution >= 4 is 28.3 Å². The Morgan fingerprint density at radius 2 is 1.59 bits per heavy atom. The molecule has 0 bridgehead atoms. The van der Waals surface area contributed by atoms with Crippen molar-refractivity contribution in [2.24, 2.45) is 0 Å². The summed E-state index contributed by atoms with van der Waals surface area (Å²) in [7, 11) is 0. The van der Waals surface area contributed by atoms with Crippen molar-refractivity contribution in [3.63, 3.8) is 0 Å². The third kappa shape index (κ3) is 5.18. The number of benzene rings is 1. The van der Waals surface area contributed by atoms with Crippen molar-refractivity contribution in [1.82, 2.24) is 4.98 Å². The number of amides is 1. The number of halogens is 6. The number of nitrogens with one attached hydrogen (secondary N) is 1. The first kappa shape index (κ1) is 20.7. The van der Waals surface area contributed by atoms with Gasteiger partial charge >= 0.3 is 18.3 Å². The largest absolute Gasteiger partial charge is 0.481 e. The van der Waals surface area contributed by atoms with Gasteiger partial charge in [-0.3, -0.25) is 14.9 Å². The Balaban J connectivity index is 2.37. The van der Waals surface area contributed by atoms with Crippen LogP contribution in [-0.2, 0) is 23.6 Å². The Kier molecular flexibility index (Phi) is 5.50. The number of anilines is 1. The van der Waals surface area contributed by atoms with Crippen molar-refractivity contribution in [3.05, 3.63) is 45.5 Å². The van der Waals surface area contributed by atoms with Crippen molar-refractivity contribution in [2.75, 3.05) is 5.32 Å². The zero-order valence-electron chi connectivity index (χ0n) is 13.3. The maximum atomic E-state index is 12.8. The molecule has 0 saturated heterocycles. The van der Waals surface area contributed by atoms with E-state index in [0.29, 0.717) is 12.1 Å². The summed E-state index contributed by atoms with van der Waals surface area (Å²) in [5.41, 5.74) is -3.82. The molecule has 2 aromatic rings. The van der Waals surface area contributed by atoms with Gasteiger partial charge in [0, 0.05) is 10.4 Å². The highest BCUT2D eigenvalue weighted by molar-refractivity contribution is 7.16. The second-order valence-electron chi connectivity index (χ2n) is 5.35. The van der Waals surface area contributed by atoms with Crippen LogP contribution in [0.2, 0.25) is 0 Å². The number of alkyl halides is 6. The number of rotatable bonds is 4. The lowest BCUT2D eigenvalue weighted by Crippen LogP contribution is -2.17. The minimum Gasteiger partial charge on any atom is -0.481 e. The van der Waals surface area contributed by atoms with Crippen LogP contribution < -0.4 is 5.32 Å². The van der Waals surface area contributed by atoms with Crippen molar-refractivity contribution < 1.29 is 41.0 Å². The van der Waals surface area contributed by atoms with E-state index >= 15 is 0 Å². The summed E-state index contributed by atoms with van der Waals surface area (Å²) in [4.78, 5) is 27.0. The molecule has 1 heterocycles. The van der Waals surface area contributed by atoms with Gasteiger partial charge in [0.05, 0.1) is 23.2 Å². The SMILES string of the molecule is Cc1nc(NC(=O)c2cc(C(F)(F)F)cc(C(F)(F)F)c2)sc1CC(=O)O. The van der Waals surface area contributed by atoms with Crippen LogP contribution in [0.3, 0.4) is 0 Å². The first-order valence-corrected chi connectivity index (χ1v) is 7.88. The van der Waals surface area contributed by atoms with Crippen LogP contribution in [0.1, 0.15) is 32.1 Å². The summed E-state index contributed by atoms with van der Waals surface area (Å²) in [6, 6.07) is 0.502. The zero-order chi connectivity index (χ0) is 20.6.